The second-order valence-corrected chi connectivity index (χ2v) is 6.01. The van der Waals surface area contributed by atoms with Crippen molar-refractivity contribution in [3.05, 3.63) is 72.3 Å². The summed E-state index contributed by atoms with van der Waals surface area (Å²) in [6.07, 6.45) is 2.55. The molecule has 0 bridgehead atoms. The quantitative estimate of drug-likeness (QED) is 0.483. The molecule has 3 aromatic carbocycles. The molecule has 0 aliphatic carbocycles. The second kappa shape index (κ2) is 9.38. The van der Waals surface area contributed by atoms with Crippen molar-refractivity contribution in [2.24, 2.45) is 5.10 Å². The molecular formula is C22H22N2O3. The number of fused-ring (bicyclic) bond motifs is 1. The highest BCUT2D eigenvalue weighted by Crippen LogP contribution is 2.20. The predicted octanol–water partition coefficient (Wildman–Crippen LogP) is 4.16. The third-order valence-corrected chi connectivity index (χ3v) is 3.85. The summed E-state index contributed by atoms with van der Waals surface area (Å²) < 4.78 is 11.1. The van der Waals surface area contributed by atoms with Crippen LogP contribution in [0.25, 0.3) is 10.8 Å². The van der Waals surface area contributed by atoms with Crippen LogP contribution in [0.1, 0.15) is 18.9 Å². The van der Waals surface area contributed by atoms with Crippen LogP contribution < -0.4 is 14.9 Å². The van der Waals surface area contributed by atoms with E-state index < -0.39 is 0 Å². The first-order chi connectivity index (χ1) is 13.2. The molecule has 0 atom stereocenters. The summed E-state index contributed by atoms with van der Waals surface area (Å²) in [5, 5.41) is 6.15. The predicted molar refractivity (Wildman–Crippen MR) is 107 cm³/mol. The van der Waals surface area contributed by atoms with Crippen molar-refractivity contribution >= 4 is 22.9 Å². The van der Waals surface area contributed by atoms with E-state index in [1.165, 1.54) is 0 Å². The van der Waals surface area contributed by atoms with Crippen molar-refractivity contribution in [3.8, 4) is 11.5 Å². The maximum absolute atomic E-state index is 11.9. The molecule has 0 aliphatic rings. The van der Waals surface area contributed by atoms with Gasteiger partial charge in [-0.05, 0) is 59.2 Å². The Labute approximate surface area is 158 Å². The van der Waals surface area contributed by atoms with Crippen LogP contribution in [0.2, 0.25) is 0 Å². The van der Waals surface area contributed by atoms with Crippen LogP contribution in [0.4, 0.5) is 0 Å². The summed E-state index contributed by atoms with van der Waals surface area (Å²) in [7, 11) is 0. The lowest BCUT2D eigenvalue weighted by molar-refractivity contribution is -0.123. The van der Waals surface area contributed by atoms with E-state index in [4.69, 9.17) is 9.47 Å². The Bertz CT molecular complexity index is 920. The zero-order valence-electron chi connectivity index (χ0n) is 15.2. The number of rotatable bonds is 8. The molecule has 0 aliphatic heterocycles. The molecule has 5 nitrogen and oxygen atoms in total. The third kappa shape index (κ3) is 5.57. The number of benzene rings is 3. The molecule has 1 amide bonds. The van der Waals surface area contributed by atoms with Gasteiger partial charge in [-0.3, -0.25) is 4.79 Å². The molecule has 138 valence electrons. The van der Waals surface area contributed by atoms with E-state index in [0.29, 0.717) is 12.4 Å². The number of carbonyl (C=O) groups excluding carboxylic acids is 1. The number of nitrogens with one attached hydrogen (secondary N) is 1. The van der Waals surface area contributed by atoms with Gasteiger partial charge in [0.25, 0.3) is 5.91 Å². The van der Waals surface area contributed by atoms with Gasteiger partial charge in [0.2, 0.25) is 0 Å². The molecule has 0 unspecified atom stereocenters. The number of ether oxygens (including phenoxy) is 2. The Kier molecular flexibility index (Phi) is 6.41. The first kappa shape index (κ1) is 18.5. The fourth-order valence-corrected chi connectivity index (χ4v) is 2.49. The van der Waals surface area contributed by atoms with E-state index in [0.717, 1.165) is 28.5 Å². The van der Waals surface area contributed by atoms with Crippen molar-refractivity contribution in [1.82, 2.24) is 5.43 Å². The van der Waals surface area contributed by atoms with Crippen LogP contribution in [0.15, 0.2) is 71.8 Å². The molecule has 3 rings (SSSR count). The molecule has 3 aromatic rings. The van der Waals surface area contributed by atoms with Crippen molar-refractivity contribution in [2.75, 3.05) is 13.2 Å². The normalized spacial score (nSPS) is 10.9. The van der Waals surface area contributed by atoms with E-state index in [9.17, 15) is 4.79 Å². The van der Waals surface area contributed by atoms with Crippen molar-refractivity contribution in [1.29, 1.82) is 0 Å². The minimum absolute atomic E-state index is 0.0977. The van der Waals surface area contributed by atoms with Gasteiger partial charge in [-0.15, -0.1) is 0 Å². The van der Waals surface area contributed by atoms with Gasteiger partial charge < -0.3 is 9.47 Å². The van der Waals surface area contributed by atoms with E-state index in [1.54, 1.807) is 6.21 Å². The molecule has 0 saturated heterocycles. The maximum atomic E-state index is 11.9. The van der Waals surface area contributed by atoms with E-state index in [1.807, 2.05) is 66.7 Å². The Balaban J connectivity index is 1.46. The standard InChI is InChI=1S/C22H22N2O3/c1-2-13-26-20-10-7-17(8-11-20)15-23-24-22(25)16-27-21-12-9-18-5-3-4-6-19(18)14-21/h3-12,14-15H,2,13,16H2,1H3,(H,24,25)/b23-15+. The van der Waals surface area contributed by atoms with Crippen molar-refractivity contribution in [3.63, 3.8) is 0 Å². The first-order valence-electron chi connectivity index (χ1n) is 8.91. The first-order valence-corrected chi connectivity index (χ1v) is 8.91. The van der Waals surface area contributed by atoms with Gasteiger partial charge in [0.15, 0.2) is 6.61 Å². The highest BCUT2D eigenvalue weighted by Gasteiger charge is 2.02. The average molecular weight is 362 g/mol. The second-order valence-electron chi connectivity index (χ2n) is 6.01. The summed E-state index contributed by atoms with van der Waals surface area (Å²) >= 11 is 0. The monoisotopic (exact) mass is 362 g/mol. The molecule has 0 radical (unpaired) electrons. The molecule has 0 saturated carbocycles. The molecule has 5 heteroatoms. The lowest BCUT2D eigenvalue weighted by atomic mass is 10.1. The fraction of sp³-hybridized carbons (Fsp3) is 0.182. The number of nitrogens with zero attached hydrogens (tertiary/aromatic N) is 1. The molecular weight excluding hydrogens is 340 g/mol. The highest BCUT2D eigenvalue weighted by molar-refractivity contribution is 5.84. The molecule has 0 fully saturated rings. The SMILES string of the molecule is CCCOc1ccc(/C=N/NC(=O)COc2ccc3ccccc3c2)cc1. The smallest absolute Gasteiger partial charge is 0.277 e. The largest absolute Gasteiger partial charge is 0.494 e. The number of carbonyl (C=O) groups is 1. The summed E-state index contributed by atoms with van der Waals surface area (Å²) in [6.45, 7) is 2.66. The van der Waals surface area contributed by atoms with E-state index in [-0.39, 0.29) is 12.5 Å². The summed E-state index contributed by atoms with van der Waals surface area (Å²) in [4.78, 5) is 11.9. The Morgan fingerprint density at radius 2 is 1.70 bits per heavy atom. The highest BCUT2D eigenvalue weighted by atomic mass is 16.5. The van der Waals surface area contributed by atoms with Gasteiger partial charge in [0.1, 0.15) is 11.5 Å². The minimum atomic E-state index is -0.317. The van der Waals surface area contributed by atoms with Crippen LogP contribution in [-0.2, 0) is 4.79 Å². The lowest BCUT2D eigenvalue weighted by Crippen LogP contribution is -2.24. The fourth-order valence-electron chi connectivity index (χ4n) is 2.49. The van der Waals surface area contributed by atoms with Crippen LogP contribution in [0, 0.1) is 0 Å². The minimum Gasteiger partial charge on any atom is -0.494 e. The van der Waals surface area contributed by atoms with Crippen LogP contribution >= 0.6 is 0 Å². The van der Waals surface area contributed by atoms with Gasteiger partial charge in [0, 0.05) is 0 Å². The van der Waals surface area contributed by atoms with Gasteiger partial charge in [-0.25, -0.2) is 5.43 Å². The summed E-state index contributed by atoms with van der Waals surface area (Å²) in [5.41, 5.74) is 3.33. The maximum Gasteiger partial charge on any atom is 0.277 e. The van der Waals surface area contributed by atoms with Gasteiger partial charge in [-0.2, -0.15) is 5.10 Å². The van der Waals surface area contributed by atoms with Gasteiger partial charge in [-0.1, -0.05) is 37.3 Å². The van der Waals surface area contributed by atoms with Crippen molar-refractivity contribution in [2.45, 2.75) is 13.3 Å². The Morgan fingerprint density at radius 1 is 0.963 bits per heavy atom. The zero-order valence-corrected chi connectivity index (χ0v) is 15.2. The average Bonchev–Trinajstić information content (AvgIpc) is 2.71. The van der Waals surface area contributed by atoms with Gasteiger partial charge in [0.05, 0.1) is 12.8 Å². The molecule has 0 aromatic heterocycles. The Morgan fingerprint density at radius 3 is 2.48 bits per heavy atom. The molecule has 0 spiro atoms. The summed E-state index contributed by atoms with van der Waals surface area (Å²) in [5.74, 6) is 1.15. The molecule has 1 N–H and O–H groups in total. The Hall–Kier alpha value is -3.34. The number of hydrogen-bond donors (Lipinski definition) is 1. The lowest BCUT2D eigenvalue weighted by Gasteiger charge is -2.06. The van der Waals surface area contributed by atoms with Crippen LogP contribution in [0.5, 0.6) is 11.5 Å². The zero-order chi connectivity index (χ0) is 18.9. The molecule has 27 heavy (non-hydrogen) atoms. The number of amides is 1. The molecule has 0 heterocycles. The topological polar surface area (TPSA) is 59.9 Å². The van der Waals surface area contributed by atoms with Gasteiger partial charge >= 0.3 is 0 Å². The third-order valence-electron chi connectivity index (χ3n) is 3.85. The van der Waals surface area contributed by atoms with E-state index >= 15 is 0 Å². The number of hydrazone groups is 1. The van der Waals surface area contributed by atoms with Crippen LogP contribution in [0.3, 0.4) is 0 Å². The van der Waals surface area contributed by atoms with E-state index in [2.05, 4.69) is 17.5 Å². The summed E-state index contributed by atoms with van der Waals surface area (Å²) in [6, 6.07) is 21.2. The van der Waals surface area contributed by atoms with Crippen molar-refractivity contribution < 1.29 is 14.3 Å². The number of hydrogen-bond acceptors (Lipinski definition) is 4. The van der Waals surface area contributed by atoms with Crippen LogP contribution in [-0.4, -0.2) is 25.3 Å².